The third-order valence-corrected chi connectivity index (χ3v) is 8.28. The maximum atomic E-state index is 6.38. The number of nitrogens with zero attached hydrogens (tertiary/aromatic N) is 2. The van der Waals surface area contributed by atoms with Crippen LogP contribution in [0.5, 0.6) is 0 Å². The molecule has 1 saturated heterocycles. The lowest BCUT2D eigenvalue weighted by Gasteiger charge is -2.32. The molecule has 0 aliphatic carbocycles. The highest BCUT2D eigenvalue weighted by Crippen LogP contribution is 2.39. The average molecular weight is 508 g/mol. The minimum atomic E-state index is -0.438. The van der Waals surface area contributed by atoms with Crippen LogP contribution in [0.3, 0.4) is 0 Å². The Hall–Kier alpha value is -4.06. The summed E-state index contributed by atoms with van der Waals surface area (Å²) in [4.78, 5) is 10.4. The summed E-state index contributed by atoms with van der Waals surface area (Å²) >= 11 is 0. The Labute approximate surface area is 228 Å². The lowest BCUT2D eigenvalue weighted by Crippen LogP contribution is -2.41. The molecule has 7 rings (SSSR count). The molecule has 190 valence electrons. The molecular weight excluding hydrogens is 479 g/mol. The summed E-state index contributed by atoms with van der Waals surface area (Å²) in [5.41, 5.74) is 6.10. The lowest BCUT2D eigenvalue weighted by molar-refractivity contribution is 0.00578. The van der Waals surface area contributed by atoms with Gasteiger partial charge in [-0.05, 0) is 50.7 Å². The average Bonchev–Trinajstić information content (AvgIpc) is 3.18. The van der Waals surface area contributed by atoms with Crippen LogP contribution in [0.4, 0.5) is 0 Å². The van der Waals surface area contributed by atoms with E-state index >= 15 is 0 Å². The Kier molecular flexibility index (Phi) is 5.38. The highest BCUT2D eigenvalue weighted by Gasteiger charge is 2.51. The SMILES string of the molecule is CC1(C)OB(c2ccc3nc(-c4ccccc4)c4c(ccc5ccc(-c6ccccc6)nc54)c3c2)OC1(C)C. The number of aromatic nitrogens is 2. The number of pyridine rings is 2. The normalized spacial score (nSPS) is 16.4. The van der Waals surface area contributed by atoms with Crippen molar-refractivity contribution in [2.24, 2.45) is 0 Å². The molecule has 0 saturated carbocycles. The molecule has 4 nitrogen and oxygen atoms in total. The van der Waals surface area contributed by atoms with E-state index in [4.69, 9.17) is 19.3 Å². The van der Waals surface area contributed by atoms with Gasteiger partial charge in [0.25, 0.3) is 0 Å². The van der Waals surface area contributed by atoms with Crippen molar-refractivity contribution in [3.8, 4) is 22.5 Å². The molecule has 6 aromatic rings. The summed E-state index contributed by atoms with van der Waals surface area (Å²) in [5.74, 6) is 0. The van der Waals surface area contributed by atoms with Crippen molar-refractivity contribution < 1.29 is 9.31 Å². The molecular formula is C34H29BN2O2. The lowest BCUT2D eigenvalue weighted by atomic mass is 9.78. The number of fused-ring (bicyclic) bond motifs is 5. The van der Waals surface area contributed by atoms with Crippen molar-refractivity contribution in [1.29, 1.82) is 0 Å². The van der Waals surface area contributed by atoms with Crippen LogP contribution in [-0.2, 0) is 9.31 Å². The first-order valence-corrected chi connectivity index (χ1v) is 13.4. The summed E-state index contributed by atoms with van der Waals surface area (Å²) in [6.07, 6.45) is 0. The van der Waals surface area contributed by atoms with Crippen LogP contribution in [-0.4, -0.2) is 28.3 Å². The molecule has 2 aromatic heterocycles. The largest absolute Gasteiger partial charge is 0.494 e. The second-order valence-corrected chi connectivity index (χ2v) is 11.3. The topological polar surface area (TPSA) is 44.2 Å². The molecule has 0 atom stereocenters. The Morgan fingerprint density at radius 1 is 0.615 bits per heavy atom. The Bertz CT molecular complexity index is 1850. The fraction of sp³-hybridized carbons (Fsp3) is 0.176. The first-order valence-electron chi connectivity index (χ1n) is 13.4. The van der Waals surface area contributed by atoms with E-state index < -0.39 is 18.3 Å². The second kappa shape index (κ2) is 8.73. The van der Waals surface area contributed by atoms with Gasteiger partial charge in [-0.3, -0.25) is 0 Å². The Morgan fingerprint density at radius 2 is 1.26 bits per heavy atom. The molecule has 0 N–H and O–H groups in total. The molecule has 0 radical (unpaired) electrons. The summed E-state index contributed by atoms with van der Waals surface area (Å²) in [5, 5.41) is 4.31. The van der Waals surface area contributed by atoms with Crippen LogP contribution in [0.2, 0.25) is 0 Å². The molecule has 0 bridgehead atoms. The van der Waals surface area contributed by atoms with E-state index in [1.54, 1.807) is 0 Å². The first kappa shape index (κ1) is 24.0. The third kappa shape index (κ3) is 3.92. The molecule has 3 heterocycles. The van der Waals surface area contributed by atoms with E-state index in [-0.39, 0.29) is 0 Å². The van der Waals surface area contributed by atoms with E-state index in [9.17, 15) is 0 Å². The van der Waals surface area contributed by atoms with Gasteiger partial charge in [0, 0.05) is 27.3 Å². The molecule has 1 fully saturated rings. The zero-order valence-corrected chi connectivity index (χ0v) is 22.6. The highest BCUT2D eigenvalue weighted by atomic mass is 16.7. The van der Waals surface area contributed by atoms with E-state index in [1.807, 2.05) is 24.3 Å². The molecule has 0 unspecified atom stereocenters. The first-order chi connectivity index (χ1) is 18.8. The third-order valence-electron chi connectivity index (χ3n) is 8.28. The molecule has 5 heteroatoms. The molecule has 1 aliphatic heterocycles. The van der Waals surface area contributed by atoms with Crippen LogP contribution in [0, 0.1) is 0 Å². The molecule has 39 heavy (non-hydrogen) atoms. The zero-order chi connectivity index (χ0) is 26.8. The van der Waals surface area contributed by atoms with Gasteiger partial charge in [0.2, 0.25) is 0 Å². The van der Waals surface area contributed by atoms with Crippen LogP contribution in [0.15, 0.2) is 103 Å². The van der Waals surface area contributed by atoms with Crippen molar-refractivity contribution in [3.63, 3.8) is 0 Å². The van der Waals surface area contributed by atoms with Crippen LogP contribution in [0.1, 0.15) is 27.7 Å². The van der Waals surface area contributed by atoms with Crippen molar-refractivity contribution in [2.45, 2.75) is 38.9 Å². The predicted molar refractivity (Wildman–Crippen MR) is 161 cm³/mol. The van der Waals surface area contributed by atoms with Crippen LogP contribution in [0.25, 0.3) is 55.1 Å². The monoisotopic (exact) mass is 508 g/mol. The predicted octanol–water partition coefficient (Wildman–Crippen LogP) is 7.57. The van der Waals surface area contributed by atoms with Gasteiger partial charge >= 0.3 is 7.12 Å². The minimum absolute atomic E-state index is 0.405. The van der Waals surface area contributed by atoms with Gasteiger partial charge in [-0.25, -0.2) is 9.97 Å². The molecule has 1 aliphatic rings. The van der Waals surface area contributed by atoms with E-state index in [2.05, 4.69) is 107 Å². The minimum Gasteiger partial charge on any atom is -0.399 e. The van der Waals surface area contributed by atoms with Crippen molar-refractivity contribution in [1.82, 2.24) is 9.97 Å². The van der Waals surface area contributed by atoms with E-state index in [1.165, 1.54) is 0 Å². The van der Waals surface area contributed by atoms with Crippen LogP contribution >= 0.6 is 0 Å². The Morgan fingerprint density at radius 3 is 1.95 bits per heavy atom. The quantitative estimate of drug-likeness (QED) is 0.183. The van der Waals surface area contributed by atoms with Gasteiger partial charge < -0.3 is 9.31 Å². The highest BCUT2D eigenvalue weighted by molar-refractivity contribution is 6.62. The number of hydrogen-bond acceptors (Lipinski definition) is 4. The van der Waals surface area contributed by atoms with E-state index in [0.29, 0.717) is 0 Å². The summed E-state index contributed by atoms with van der Waals surface area (Å²) in [7, 11) is -0.438. The standard InChI is InChI=1S/C34H29BN2O2/c1-33(2)34(3,4)39-35(38-33)25-17-20-29-27(21-25)26-18-15-24-16-19-28(22-11-7-5-8-12-22)36-32(24)30(26)31(37-29)23-13-9-6-10-14-23/h5-21H,1-4H3. The fourth-order valence-corrected chi connectivity index (χ4v) is 5.40. The summed E-state index contributed by atoms with van der Waals surface area (Å²) in [6, 6.07) is 35.7. The van der Waals surface area contributed by atoms with Gasteiger partial charge in [0.15, 0.2) is 0 Å². The number of benzene rings is 4. The fourth-order valence-electron chi connectivity index (χ4n) is 5.40. The smallest absolute Gasteiger partial charge is 0.399 e. The van der Waals surface area contributed by atoms with Gasteiger partial charge in [0.1, 0.15) is 0 Å². The molecule has 0 spiro atoms. The van der Waals surface area contributed by atoms with Gasteiger partial charge in [-0.15, -0.1) is 0 Å². The molecule has 4 aromatic carbocycles. The number of hydrogen-bond donors (Lipinski definition) is 0. The van der Waals surface area contributed by atoms with Gasteiger partial charge in [0.05, 0.1) is 33.6 Å². The van der Waals surface area contributed by atoms with Crippen molar-refractivity contribution in [2.75, 3.05) is 0 Å². The summed E-state index contributed by atoms with van der Waals surface area (Å²) in [6.45, 7) is 8.33. The maximum absolute atomic E-state index is 6.38. The van der Waals surface area contributed by atoms with Crippen LogP contribution < -0.4 is 5.46 Å². The van der Waals surface area contributed by atoms with Crippen molar-refractivity contribution >= 4 is 45.2 Å². The Balaban J connectivity index is 1.52. The zero-order valence-electron chi connectivity index (χ0n) is 22.6. The van der Waals surface area contributed by atoms with Gasteiger partial charge in [-0.1, -0.05) is 91.0 Å². The number of rotatable bonds is 3. The molecule has 0 amide bonds. The van der Waals surface area contributed by atoms with Gasteiger partial charge in [-0.2, -0.15) is 0 Å². The second-order valence-electron chi connectivity index (χ2n) is 11.3. The maximum Gasteiger partial charge on any atom is 0.494 e. The van der Waals surface area contributed by atoms with E-state index in [0.717, 1.165) is 60.6 Å². The summed E-state index contributed by atoms with van der Waals surface area (Å²) < 4.78 is 12.8. The van der Waals surface area contributed by atoms with Crippen molar-refractivity contribution in [3.05, 3.63) is 103 Å².